The summed E-state index contributed by atoms with van der Waals surface area (Å²) in [5, 5.41) is 7.95. The highest BCUT2D eigenvalue weighted by Gasteiger charge is 2.20. The van der Waals surface area contributed by atoms with Crippen molar-refractivity contribution in [3.8, 4) is 11.3 Å². The molecule has 1 aromatic carbocycles. The van der Waals surface area contributed by atoms with Crippen molar-refractivity contribution in [3.63, 3.8) is 0 Å². The van der Waals surface area contributed by atoms with Gasteiger partial charge < -0.3 is 5.32 Å². The van der Waals surface area contributed by atoms with Crippen molar-refractivity contribution >= 4 is 11.3 Å². The highest BCUT2D eigenvalue weighted by molar-refractivity contribution is 5.78. The number of hydrogen-bond donors (Lipinski definition) is 1. The van der Waals surface area contributed by atoms with Crippen LogP contribution in [0.15, 0.2) is 79.1 Å². The second-order valence-electron chi connectivity index (χ2n) is 6.61. The van der Waals surface area contributed by atoms with Crippen molar-refractivity contribution in [3.05, 3.63) is 84.7 Å². The van der Waals surface area contributed by atoms with Gasteiger partial charge >= 0.3 is 0 Å². The van der Waals surface area contributed by atoms with Crippen LogP contribution in [0.25, 0.3) is 16.8 Å². The fraction of sp³-hybridized carbons (Fsp3) is 0.143. The molecule has 0 aliphatic heterocycles. The van der Waals surface area contributed by atoms with Crippen molar-refractivity contribution in [2.75, 3.05) is 5.32 Å². The maximum atomic E-state index is 4.81. The first-order valence-corrected chi connectivity index (χ1v) is 8.37. The normalized spacial score (nSPS) is 11.6. The summed E-state index contributed by atoms with van der Waals surface area (Å²) in [6.45, 7) is 4.32. The third kappa shape index (κ3) is 2.98. The molecule has 0 saturated heterocycles. The van der Waals surface area contributed by atoms with Crippen LogP contribution in [0.5, 0.6) is 0 Å². The van der Waals surface area contributed by atoms with Crippen LogP contribution in [0.2, 0.25) is 0 Å². The average molecular weight is 328 g/mol. The smallest absolute Gasteiger partial charge is 0.127 e. The second kappa shape index (κ2) is 6.06. The molecular formula is C21H20N4. The Morgan fingerprint density at radius 2 is 1.68 bits per heavy atom. The molecule has 0 fully saturated rings. The molecule has 4 aromatic rings. The first kappa shape index (κ1) is 15.4. The van der Waals surface area contributed by atoms with Gasteiger partial charge in [-0.3, -0.25) is 0 Å². The van der Waals surface area contributed by atoms with Gasteiger partial charge in [-0.1, -0.05) is 42.5 Å². The molecule has 0 unspecified atom stereocenters. The topological polar surface area (TPSA) is 42.2 Å². The predicted molar refractivity (Wildman–Crippen MR) is 102 cm³/mol. The third-order valence-corrected chi connectivity index (χ3v) is 4.39. The lowest BCUT2D eigenvalue weighted by Crippen LogP contribution is -2.28. The minimum absolute atomic E-state index is 0.214. The van der Waals surface area contributed by atoms with Crippen LogP contribution in [-0.4, -0.2) is 14.6 Å². The van der Waals surface area contributed by atoms with Crippen LogP contribution in [-0.2, 0) is 5.54 Å². The van der Waals surface area contributed by atoms with Gasteiger partial charge in [0.1, 0.15) is 5.82 Å². The molecule has 0 bridgehead atoms. The summed E-state index contributed by atoms with van der Waals surface area (Å²) >= 11 is 0. The van der Waals surface area contributed by atoms with E-state index in [0.29, 0.717) is 0 Å². The molecule has 0 aliphatic rings. The van der Waals surface area contributed by atoms with E-state index in [9.17, 15) is 0 Å². The molecule has 0 radical (unpaired) electrons. The van der Waals surface area contributed by atoms with E-state index >= 15 is 0 Å². The van der Waals surface area contributed by atoms with E-state index in [4.69, 9.17) is 4.98 Å². The molecule has 0 atom stereocenters. The van der Waals surface area contributed by atoms with E-state index < -0.39 is 0 Å². The zero-order valence-corrected chi connectivity index (χ0v) is 14.3. The fourth-order valence-electron chi connectivity index (χ4n) is 3.03. The lowest BCUT2D eigenvalue weighted by atomic mass is 9.94. The first-order valence-electron chi connectivity index (χ1n) is 8.37. The summed E-state index contributed by atoms with van der Waals surface area (Å²) in [5.41, 5.74) is 4.00. The Morgan fingerprint density at radius 3 is 2.52 bits per heavy atom. The van der Waals surface area contributed by atoms with Crippen molar-refractivity contribution in [1.82, 2.24) is 14.6 Å². The number of hydrogen-bond acceptors (Lipinski definition) is 3. The van der Waals surface area contributed by atoms with Gasteiger partial charge in [0.05, 0.1) is 22.9 Å². The van der Waals surface area contributed by atoms with Crippen molar-refractivity contribution in [1.29, 1.82) is 0 Å². The quantitative estimate of drug-likeness (QED) is 0.588. The molecule has 0 spiro atoms. The van der Waals surface area contributed by atoms with E-state index in [-0.39, 0.29) is 5.54 Å². The first-order chi connectivity index (χ1) is 12.1. The molecule has 4 rings (SSSR count). The molecule has 0 amide bonds. The van der Waals surface area contributed by atoms with Gasteiger partial charge in [-0.2, -0.15) is 5.10 Å². The number of benzene rings is 1. The molecule has 3 aromatic heterocycles. The molecule has 124 valence electrons. The van der Waals surface area contributed by atoms with Gasteiger partial charge in [0, 0.05) is 11.8 Å². The standard InChI is InChI=1S/C21H20N4/c1-21(2,16-9-4-3-5-10-16)24-20-13-8-11-18(23-20)17-15-22-25-14-7-6-12-19(17)25/h3-15H,1-2H3,(H,23,24). The second-order valence-corrected chi connectivity index (χ2v) is 6.61. The van der Waals surface area contributed by atoms with Crippen LogP contribution in [0, 0.1) is 0 Å². The molecule has 4 nitrogen and oxygen atoms in total. The lowest BCUT2D eigenvalue weighted by Gasteiger charge is -2.27. The maximum absolute atomic E-state index is 4.81. The molecule has 25 heavy (non-hydrogen) atoms. The van der Waals surface area contributed by atoms with Gasteiger partial charge in [-0.25, -0.2) is 9.50 Å². The largest absolute Gasteiger partial charge is 0.361 e. The number of nitrogens with one attached hydrogen (secondary N) is 1. The Kier molecular flexibility index (Phi) is 3.73. The summed E-state index contributed by atoms with van der Waals surface area (Å²) in [5.74, 6) is 0.849. The summed E-state index contributed by atoms with van der Waals surface area (Å²) in [6.07, 6.45) is 3.81. The van der Waals surface area contributed by atoms with E-state index in [2.05, 4.69) is 54.6 Å². The minimum Gasteiger partial charge on any atom is -0.361 e. The van der Waals surface area contributed by atoms with Gasteiger partial charge in [0.15, 0.2) is 0 Å². The monoisotopic (exact) mass is 328 g/mol. The van der Waals surface area contributed by atoms with Gasteiger partial charge in [-0.05, 0) is 43.7 Å². The Labute approximate surface area is 147 Å². The Bertz CT molecular complexity index is 1000. The maximum Gasteiger partial charge on any atom is 0.127 e. The van der Waals surface area contributed by atoms with Crippen LogP contribution in [0.1, 0.15) is 19.4 Å². The summed E-state index contributed by atoms with van der Waals surface area (Å²) in [4.78, 5) is 4.81. The van der Waals surface area contributed by atoms with Crippen molar-refractivity contribution in [2.45, 2.75) is 19.4 Å². The number of pyridine rings is 2. The predicted octanol–water partition coefficient (Wildman–Crippen LogP) is 4.74. The van der Waals surface area contributed by atoms with Crippen LogP contribution >= 0.6 is 0 Å². The van der Waals surface area contributed by atoms with E-state index in [0.717, 1.165) is 22.6 Å². The summed E-state index contributed by atoms with van der Waals surface area (Å²) in [6, 6.07) is 22.5. The third-order valence-electron chi connectivity index (χ3n) is 4.39. The van der Waals surface area contributed by atoms with Gasteiger partial charge in [0.25, 0.3) is 0 Å². The molecule has 4 heteroatoms. The number of rotatable bonds is 4. The van der Waals surface area contributed by atoms with E-state index in [1.807, 2.05) is 53.3 Å². The number of anilines is 1. The van der Waals surface area contributed by atoms with Gasteiger partial charge in [-0.15, -0.1) is 0 Å². The fourth-order valence-corrected chi connectivity index (χ4v) is 3.03. The molecular weight excluding hydrogens is 308 g/mol. The number of aromatic nitrogens is 3. The van der Waals surface area contributed by atoms with Crippen molar-refractivity contribution in [2.24, 2.45) is 0 Å². The highest BCUT2D eigenvalue weighted by Crippen LogP contribution is 2.27. The van der Waals surface area contributed by atoms with E-state index in [1.165, 1.54) is 5.56 Å². The summed E-state index contributed by atoms with van der Waals surface area (Å²) in [7, 11) is 0. The lowest BCUT2D eigenvalue weighted by molar-refractivity contribution is 0.606. The minimum atomic E-state index is -0.214. The number of fused-ring (bicyclic) bond motifs is 1. The SMILES string of the molecule is CC(C)(Nc1cccc(-c2cnn3ccccc23)n1)c1ccccc1. The summed E-state index contributed by atoms with van der Waals surface area (Å²) < 4.78 is 1.87. The Balaban J connectivity index is 1.68. The highest BCUT2D eigenvalue weighted by atomic mass is 15.2. The zero-order valence-electron chi connectivity index (χ0n) is 14.3. The van der Waals surface area contributed by atoms with Crippen molar-refractivity contribution < 1.29 is 0 Å². The zero-order chi connectivity index (χ0) is 17.3. The van der Waals surface area contributed by atoms with Gasteiger partial charge in [0.2, 0.25) is 0 Å². The number of nitrogens with zero attached hydrogens (tertiary/aromatic N) is 3. The molecule has 0 saturated carbocycles. The van der Waals surface area contributed by atoms with Crippen LogP contribution < -0.4 is 5.32 Å². The molecule has 3 heterocycles. The average Bonchev–Trinajstić information content (AvgIpc) is 3.06. The molecule has 1 N–H and O–H groups in total. The Hall–Kier alpha value is -3.14. The van der Waals surface area contributed by atoms with Crippen LogP contribution in [0.4, 0.5) is 5.82 Å². The van der Waals surface area contributed by atoms with Crippen LogP contribution in [0.3, 0.4) is 0 Å². The Morgan fingerprint density at radius 1 is 0.880 bits per heavy atom. The van der Waals surface area contributed by atoms with E-state index in [1.54, 1.807) is 0 Å². The molecule has 0 aliphatic carbocycles.